The van der Waals surface area contributed by atoms with E-state index in [1.807, 2.05) is 6.07 Å². The Morgan fingerprint density at radius 2 is 2.20 bits per heavy atom. The van der Waals surface area contributed by atoms with Gasteiger partial charge < -0.3 is 10.0 Å². The van der Waals surface area contributed by atoms with E-state index in [4.69, 9.17) is 16.7 Å². The van der Waals surface area contributed by atoms with Crippen LogP contribution in [0.1, 0.15) is 20.8 Å². The molecule has 0 radical (unpaired) electrons. The average Bonchev–Trinajstić information content (AvgIpc) is 2.96. The number of hydrogen-bond donors (Lipinski definition) is 1. The first-order chi connectivity index (χ1) is 9.56. The molecule has 0 aliphatic carbocycles. The normalized spacial score (nSPS) is 13.7. The number of anilines is 1. The summed E-state index contributed by atoms with van der Waals surface area (Å²) in [6.07, 6.45) is 0.332. The molecule has 6 heteroatoms. The van der Waals surface area contributed by atoms with Crippen molar-refractivity contribution in [2.75, 3.05) is 4.90 Å². The van der Waals surface area contributed by atoms with E-state index < -0.39 is 5.97 Å². The van der Waals surface area contributed by atoms with Crippen LogP contribution in [-0.4, -0.2) is 17.0 Å². The van der Waals surface area contributed by atoms with Crippen LogP contribution in [-0.2, 0) is 17.8 Å². The first-order valence-corrected chi connectivity index (χ1v) is 7.20. The van der Waals surface area contributed by atoms with E-state index in [0.29, 0.717) is 17.0 Å². The van der Waals surface area contributed by atoms with Crippen molar-refractivity contribution < 1.29 is 14.7 Å². The summed E-state index contributed by atoms with van der Waals surface area (Å²) in [7, 11) is 0. The quantitative estimate of drug-likeness (QED) is 0.947. The standard InChI is InChI=1S/C14H10ClNO3S/c15-10-2-1-8-5-12(17)16(11(8)6-10)7-9-3-4-20-13(9)14(18)19/h1-4,6H,5,7H2,(H,18,19). The average molecular weight is 308 g/mol. The fourth-order valence-corrected chi connectivity index (χ4v) is 3.24. The van der Waals surface area contributed by atoms with Crippen molar-refractivity contribution in [3.63, 3.8) is 0 Å². The van der Waals surface area contributed by atoms with Crippen molar-refractivity contribution >= 4 is 40.5 Å². The van der Waals surface area contributed by atoms with Crippen LogP contribution in [0.2, 0.25) is 5.02 Å². The van der Waals surface area contributed by atoms with Crippen molar-refractivity contribution in [1.29, 1.82) is 0 Å². The highest BCUT2D eigenvalue weighted by Gasteiger charge is 2.28. The molecule has 0 saturated carbocycles. The van der Waals surface area contributed by atoms with Crippen LogP contribution in [0, 0.1) is 0 Å². The van der Waals surface area contributed by atoms with E-state index in [9.17, 15) is 9.59 Å². The van der Waals surface area contributed by atoms with Gasteiger partial charge in [0, 0.05) is 10.7 Å². The number of carboxylic acids is 1. The molecule has 0 fully saturated rings. The predicted molar refractivity (Wildman–Crippen MR) is 77.6 cm³/mol. The van der Waals surface area contributed by atoms with Gasteiger partial charge in [0.15, 0.2) is 0 Å². The molecule has 0 saturated heterocycles. The first-order valence-electron chi connectivity index (χ1n) is 5.94. The summed E-state index contributed by atoms with van der Waals surface area (Å²) in [4.78, 5) is 25.1. The summed E-state index contributed by atoms with van der Waals surface area (Å²) < 4.78 is 0. The second-order valence-corrected chi connectivity index (χ2v) is 5.86. The van der Waals surface area contributed by atoms with Crippen molar-refractivity contribution in [3.8, 4) is 0 Å². The molecular weight excluding hydrogens is 298 g/mol. The third-order valence-corrected chi connectivity index (χ3v) is 4.43. The second kappa shape index (κ2) is 4.92. The van der Waals surface area contributed by atoms with Gasteiger partial charge in [-0.1, -0.05) is 17.7 Å². The van der Waals surface area contributed by atoms with Crippen molar-refractivity contribution in [1.82, 2.24) is 0 Å². The highest BCUT2D eigenvalue weighted by molar-refractivity contribution is 7.12. The van der Waals surface area contributed by atoms with Crippen LogP contribution < -0.4 is 4.90 Å². The van der Waals surface area contributed by atoms with Crippen LogP contribution in [0.3, 0.4) is 0 Å². The molecule has 1 N–H and O–H groups in total. The Bertz CT molecular complexity index is 710. The Balaban J connectivity index is 1.96. The van der Waals surface area contributed by atoms with E-state index in [1.165, 1.54) is 0 Å². The number of nitrogens with zero attached hydrogens (tertiary/aromatic N) is 1. The summed E-state index contributed by atoms with van der Waals surface area (Å²) in [6.45, 7) is 0.261. The zero-order valence-corrected chi connectivity index (χ0v) is 11.9. The largest absolute Gasteiger partial charge is 0.477 e. The van der Waals surface area contributed by atoms with Crippen molar-refractivity contribution in [3.05, 3.63) is 50.7 Å². The Morgan fingerprint density at radius 1 is 1.40 bits per heavy atom. The number of carbonyl (C=O) groups is 2. The summed E-state index contributed by atoms with van der Waals surface area (Å²) in [5, 5.41) is 11.4. The molecule has 1 aromatic heterocycles. The number of benzene rings is 1. The minimum absolute atomic E-state index is 0.0372. The van der Waals surface area contributed by atoms with E-state index in [0.717, 1.165) is 22.6 Å². The Hall–Kier alpha value is -1.85. The molecule has 0 bridgehead atoms. The molecule has 0 unspecified atom stereocenters. The Kier molecular flexibility index (Phi) is 3.23. The number of rotatable bonds is 3. The molecule has 1 amide bonds. The van der Waals surface area contributed by atoms with Gasteiger partial charge >= 0.3 is 5.97 Å². The molecule has 0 spiro atoms. The maximum Gasteiger partial charge on any atom is 0.346 e. The fourth-order valence-electron chi connectivity index (χ4n) is 2.32. The maximum absolute atomic E-state index is 12.1. The molecule has 2 aromatic rings. The van der Waals surface area contributed by atoms with Gasteiger partial charge in [0.25, 0.3) is 0 Å². The number of amides is 1. The summed E-state index contributed by atoms with van der Waals surface area (Å²) >= 11 is 7.13. The lowest BCUT2D eigenvalue weighted by molar-refractivity contribution is -0.117. The van der Waals surface area contributed by atoms with Gasteiger partial charge in [0.2, 0.25) is 5.91 Å². The van der Waals surface area contributed by atoms with Crippen LogP contribution in [0.4, 0.5) is 5.69 Å². The SMILES string of the molecule is O=C(O)c1sccc1CN1C(=O)Cc2ccc(Cl)cc21. The lowest BCUT2D eigenvalue weighted by Crippen LogP contribution is -2.26. The molecule has 1 aliphatic rings. The molecule has 102 valence electrons. The van der Waals surface area contributed by atoms with E-state index in [2.05, 4.69) is 0 Å². The van der Waals surface area contributed by atoms with E-state index in [-0.39, 0.29) is 17.3 Å². The molecule has 20 heavy (non-hydrogen) atoms. The van der Waals surface area contributed by atoms with Gasteiger partial charge in [0.05, 0.1) is 13.0 Å². The minimum atomic E-state index is -0.965. The lowest BCUT2D eigenvalue weighted by Gasteiger charge is -2.17. The van der Waals surface area contributed by atoms with Crippen LogP contribution in [0.5, 0.6) is 0 Å². The van der Waals surface area contributed by atoms with Gasteiger partial charge in [0.1, 0.15) is 4.88 Å². The highest BCUT2D eigenvalue weighted by atomic mass is 35.5. The fraction of sp³-hybridized carbons (Fsp3) is 0.143. The summed E-state index contributed by atoms with van der Waals surface area (Å²) in [5.74, 6) is -1.00. The van der Waals surface area contributed by atoms with Crippen molar-refractivity contribution in [2.45, 2.75) is 13.0 Å². The maximum atomic E-state index is 12.1. The van der Waals surface area contributed by atoms with Crippen LogP contribution in [0.25, 0.3) is 0 Å². The summed E-state index contributed by atoms with van der Waals surface area (Å²) in [6, 6.07) is 7.07. The predicted octanol–water partition coefficient (Wildman–Crippen LogP) is 3.19. The first kappa shape index (κ1) is 13.1. The number of carbonyl (C=O) groups excluding carboxylic acids is 1. The molecule has 0 atom stereocenters. The molecule has 3 rings (SSSR count). The minimum Gasteiger partial charge on any atom is -0.477 e. The number of carboxylic acid groups (broad SMARTS) is 1. The number of hydrogen-bond acceptors (Lipinski definition) is 3. The third-order valence-electron chi connectivity index (χ3n) is 3.25. The van der Waals surface area contributed by atoms with Crippen LogP contribution >= 0.6 is 22.9 Å². The van der Waals surface area contributed by atoms with Gasteiger partial charge in [-0.15, -0.1) is 11.3 Å². The van der Waals surface area contributed by atoms with Gasteiger partial charge in [-0.25, -0.2) is 4.79 Å². The third kappa shape index (κ3) is 2.19. The Morgan fingerprint density at radius 3 is 2.95 bits per heavy atom. The van der Waals surface area contributed by atoms with Crippen LogP contribution in [0.15, 0.2) is 29.6 Å². The topological polar surface area (TPSA) is 57.6 Å². The lowest BCUT2D eigenvalue weighted by atomic mass is 10.1. The molecule has 1 aliphatic heterocycles. The monoisotopic (exact) mass is 307 g/mol. The van der Waals surface area contributed by atoms with E-state index in [1.54, 1.807) is 28.5 Å². The van der Waals surface area contributed by atoms with Gasteiger partial charge in [-0.3, -0.25) is 4.79 Å². The zero-order valence-electron chi connectivity index (χ0n) is 10.3. The Labute approximate surface area is 124 Å². The number of thiophene rings is 1. The molecule has 2 heterocycles. The van der Waals surface area contributed by atoms with Gasteiger partial charge in [-0.2, -0.15) is 0 Å². The zero-order chi connectivity index (χ0) is 14.3. The molecule has 4 nitrogen and oxygen atoms in total. The second-order valence-electron chi connectivity index (χ2n) is 4.51. The number of fused-ring (bicyclic) bond motifs is 1. The molecule has 1 aromatic carbocycles. The smallest absolute Gasteiger partial charge is 0.346 e. The van der Waals surface area contributed by atoms with Gasteiger partial charge in [-0.05, 0) is 34.7 Å². The van der Waals surface area contributed by atoms with Crippen molar-refractivity contribution in [2.24, 2.45) is 0 Å². The highest BCUT2D eigenvalue weighted by Crippen LogP contribution is 2.33. The number of aromatic carboxylic acids is 1. The number of halogens is 1. The summed E-state index contributed by atoms with van der Waals surface area (Å²) in [5.41, 5.74) is 2.33. The molecular formula is C14H10ClNO3S. The van der Waals surface area contributed by atoms with E-state index >= 15 is 0 Å².